The Kier molecular flexibility index (Phi) is 13.9. The fraction of sp³-hybridized carbons (Fsp3) is 0.955. The molecule has 0 atom stereocenters. The van der Waals surface area contributed by atoms with E-state index in [1.807, 2.05) is 0 Å². The average molecular weight is 371 g/mol. The van der Waals surface area contributed by atoms with Gasteiger partial charge in [0.15, 0.2) is 8.32 Å². The maximum absolute atomic E-state index is 10.8. The molecule has 0 heterocycles. The van der Waals surface area contributed by atoms with Crippen LogP contribution in [0.15, 0.2) is 0 Å². The molecule has 0 aliphatic carbocycles. The summed E-state index contributed by atoms with van der Waals surface area (Å²) in [7, 11) is -1.53. The van der Waals surface area contributed by atoms with Crippen LogP contribution in [0.2, 0.25) is 18.1 Å². The van der Waals surface area contributed by atoms with Crippen molar-refractivity contribution in [2.45, 2.75) is 129 Å². The maximum Gasteiger partial charge on any atom is 0.191 e. The summed E-state index contributed by atoms with van der Waals surface area (Å²) in [5.41, 5.74) is 0. The summed E-state index contributed by atoms with van der Waals surface area (Å²) >= 11 is 0. The Bertz CT molecular complexity index is 331. The zero-order chi connectivity index (χ0) is 19.2. The molecule has 0 rings (SSSR count). The Balaban J connectivity index is 3.26. The molecule has 3 heteroatoms. The third kappa shape index (κ3) is 14.7. The van der Waals surface area contributed by atoms with E-state index in [1.165, 1.54) is 70.6 Å². The van der Waals surface area contributed by atoms with Gasteiger partial charge in [0.1, 0.15) is 5.78 Å². The van der Waals surface area contributed by atoms with Gasteiger partial charge in [-0.1, -0.05) is 85.0 Å². The van der Waals surface area contributed by atoms with Crippen molar-refractivity contribution in [2.75, 3.05) is 6.61 Å². The highest BCUT2D eigenvalue weighted by Crippen LogP contribution is 2.36. The highest BCUT2D eigenvalue weighted by atomic mass is 28.4. The molecule has 0 aliphatic rings. The minimum atomic E-state index is -1.53. The third-order valence-corrected chi connectivity index (χ3v) is 10.2. The van der Waals surface area contributed by atoms with Crippen molar-refractivity contribution in [3.63, 3.8) is 0 Å². The van der Waals surface area contributed by atoms with Gasteiger partial charge in [-0.25, -0.2) is 0 Å². The van der Waals surface area contributed by atoms with Crippen LogP contribution in [-0.2, 0) is 9.22 Å². The number of Topliss-reactive ketones (excluding diaryl/α,β-unsaturated/α-hetero) is 1. The first-order valence-electron chi connectivity index (χ1n) is 10.8. The molecule has 0 aromatic rings. The fourth-order valence-electron chi connectivity index (χ4n) is 2.79. The first kappa shape index (κ1) is 24.8. The molecule has 0 aliphatic heterocycles. The largest absolute Gasteiger partial charge is 0.417 e. The molecule has 0 aromatic carbocycles. The second kappa shape index (κ2) is 14.0. The standard InChI is InChI=1S/C22H46O2Si/c1-21(23)19-17-15-13-11-9-7-8-10-12-14-16-18-20-24-25(5,6)22(2,3)4/h7-20H2,1-6H3. The van der Waals surface area contributed by atoms with Crippen LogP contribution in [0.4, 0.5) is 0 Å². The van der Waals surface area contributed by atoms with E-state index in [-0.39, 0.29) is 0 Å². The lowest BCUT2D eigenvalue weighted by Crippen LogP contribution is -2.40. The van der Waals surface area contributed by atoms with Crippen LogP contribution < -0.4 is 0 Å². The van der Waals surface area contributed by atoms with Crippen LogP contribution >= 0.6 is 0 Å². The number of hydrogen-bond acceptors (Lipinski definition) is 2. The van der Waals surface area contributed by atoms with Gasteiger partial charge in [-0.3, -0.25) is 0 Å². The molecule has 150 valence electrons. The molecule has 25 heavy (non-hydrogen) atoms. The Hall–Kier alpha value is -0.153. The fourth-order valence-corrected chi connectivity index (χ4v) is 3.88. The summed E-state index contributed by atoms with van der Waals surface area (Å²) in [6, 6.07) is 0. The van der Waals surface area contributed by atoms with Gasteiger partial charge in [0.05, 0.1) is 0 Å². The average Bonchev–Trinajstić information content (AvgIpc) is 2.49. The second-order valence-corrected chi connectivity index (χ2v) is 14.1. The molecule has 0 spiro atoms. The van der Waals surface area contributed by atoms with Crippen LogP contribution in [0.5, 0.6) is 0 Å². The predicted molar refractivity (Wildman–Crippen MR) is 114 cm³/mol. The topological polar surface area (TPSA) is 26.3 Å². The Labute approximate surface area is 159 Å². The van der Waals surface area contributed by atoms with Gasteiger partial charge in [-0.15, -0.1) is 0 Å². The molecule has 0 saturated heterocycles. The molecular formula is C22H46O2Si. The number of unbranched alkanes of at least 4 members (excludes halogenated alkanes) is 11. The highest BCUT2D eigenvalue weighted by Gasteiger charge is 2.36. The van der Waals surface area contributed by atoms with E-state index < -0.39 is 8.32 Å². The second-order valence-electron chi connectivity index (χ2n) is 9.30. The number of carbonyl (C=O) groups is 1. The zero-order valence-electron chi connectivity index (χ0n) is 18.2. The van der Waals surface area contributed by atoms with E-state index in [1.54, 1.807) is 6.92 Å². The van der Waals surface area contributed by atoms with E-state index in [2.05, 4.69) is 33.9 Å². The zero-order valence-corrected chi connectivity index (χ0v) is 19.2. The van der Waals surface area contributed by atoms with E-state index >= 15 is 0 Å². The van der Waals surface area contributed by atoms with Crippen molar-refractivity contribution in [3.05, 3.63) is 0 Å². The van der Waals surface area contributed by atoms with E-state index in [9.17, 15) is 4.79 Å². The summed E-state index contributed by atoms with van der Waals surface area (Å²) in [6.45, 7) is 14.3. The van der Waals surface area contributed by atoms with Crippen LogP contribution in [0.25, 0.3) is 0 Å². The Morgan fingerprint density at radius 2 is 1.08 bits per heavy atom. The molecule has 0 amide bonds. The first-order chi connectivity index (χ1) is 11.7. The van der Waals surface area contributed by atoms with Gasteiger partial charge in [-0.2, -0.15) is 0 Å². The molecule has 0 aromatic heterocycles. The van der Waals surface area contributed by atoms with Gasteiger partial charge < -0.3 is 9.22 Å². The minimum absolute atomic E-state index is 0.334. The Morgan fingerprint density at radius 3 is 1.44 bits per heavy atom. The molecule has 0 bridgehead atoms. The third-order valence-electron chi connectivity index (χ3n) is 5.69. The van der Waals surface area contributed by atoms with Gasteiger partial charge in [-0.05, 0) is 37.9 Å². The molecule has 0 fully saturated rings. The number of ketones is 1. The van der Waals surface area contributed by atoms with Crippen LogP contribution in [0, 0.1) is 0 Å². The summed E-state index contributed by atoms with van der Waals surface area (Å²) in [5.74, 6) is 0.339. The Morgan fingerprint density at radius 1 is 0.720 bits per heavy atom. The van der Waals surface area contributed by atoms with Gasteiger partial charge in [0.2, 0.25) is 0 Å². The molecule has 0 N–H and O–H groups in total. The van der Waals surface area contributed by atoms with Crippen molar-refractivity contribution in [1.82, 2.24) is 0 Å². The number of rotatable bonds is 16. The van der Waals surface area contributed by atoms with Crippen molar-refractivity contribution in [1.29, 1.82) is 0 Å². The number of carbonyl (C=O) groups excluding carboxylic acids is 1. The van der Waals surface area contributed by atoms with Crippen molar-refractivity contribution in [2.24, 2.45) is 0 Å². The van der Waals surface area contributed by atoms with Crippen molar-refractivity contribution >= 4 is 14.1 Å². The minimum Gasteiger partial charge on any atom is -0.417 e. The molecule has 0 saturated carbocycles. The normalized spacial score (nSPS) is 12.6. The maximum atomic E-state index is 10.8. The van der Waals surface area contributed by atoms with Gasteiger partial charge in [0.25, 0.3) is 0 Å². The lowest BCUT2D eigenvalue weighted by molar-refractivity contribution is -0.117. The van der Waals surface area contributed by atoms with E-state index in [4.69, 9.17) is 4.43 Å². The molecule has 0 unspecified atom stereocenters. The summed E-state index contributed by atoms with van der Waals surface area (Å²) < 4.78 is 6.23. The summed E-state index contributed by atoms with van der Waals surface area (Å²) in [6.07, 6.45) is 16.6. The summed E-state index contributed by atoms with van der Waals surface area (Å²) in [4.78, 5) is 10.8. The van der Waals surface area contributed by atoms with E-state index in [0.29, 0.717) is 10.8 Å². The summed E-state index contributed by atoms with van der Waals surface area (Å²) in [5, 5.41) is 0.334. The SMILES string of the molecule is CC(=O)CCCCCCCCCCCCCCO[Si](C)(C)C(C)(C)C. The predicted octanol–water partition coefficient (Wildman–Crippen LogP) is 7.67. The van der Waals surface area contributed by atoms with Crippen LogP contribution in [-0.4, -0.2) is 20.7 Å². The molecular weight excluding hydrogens is 324 g/mol. The molecule has 2 nitrogen and oxygen atoms in total. The van der Waals surface area contributed by atoms with E-state index in [0.717, 1.165) is 19.4 Å². The lowest BCUT2D eigenvalue weighted by Gasteiger charge is -2.36. The van der Waals surface area contributed by atoms with Gasteiger partial charge >= 0.3 is 0 Å². The van der Waals surface area contributed by atoms with Crippen LogP contribution in [0.1, 0.15) is 111 Å². The lowest BCUT2D eigenvalue weighted by atomic mass is 10.0. The van der Waals surface area contributed by atoms with Crippen LogP contribution in [0.3, 0.4) is 0 Å². The van der Waals surface area contributed by atoms with Crippen molar-refractivity contribution in [3.8, 4) is 0 Å². The van der Waals surface area contributed by atoms with Crippen molar-refractivity contribution < 1.29 is 9.22 Å². The first-order valence-corrected chi connectivity index (χ1v) is 13.7. The monoisotopic (exact) mass is 370 g/mol. The quantitative estimate of drug-likeness (QED) is 0.206. The van der Waals surface area contributed by atoms with Gasteiger partial charge in [0, 0.05) is 13.0 Å². The highest BCUT2D eigenvalue weighted by molar-refractivity contribution is 6.74. The molecule has 0 radical (unpaired) electrons. The number of hydrogen-bond donors (Lipinski definition) is 0. The smallest absolute Gasteiger partial charge is 0.191 e.